The number of halogens is 2. The molecule has 0 aliphatic carbocycles. The Bertz CT molecular complexity index is 734. The highest BCUT2D eigenvalue weighted by molar-refractivity contribution is 6.32. The molecule has 0 aromatic heterocycles. The average Bonchev–Trinajstić information content (AvgIpc) is 2.42. The van der Waals surface area contributed by atoms with E-state index in [2.05, 4.69) is 5.32 Å². The third-order valence-corrected chi connectivity index (χ3v) is 3.54. The van der Waals surface area contributed by atoms with Crippen LogP contribution in [0.15, 0.2) is 30.3 Å². The minimum Gasteiger partial charge on any atom is -0.454 e. The van der Waals surface area contributed by atoms with Crippen molar-refractivity contribution in [1.29, 1.82) is 0 Å². The number of nitrogen functional groups attached to an aromatic ring is 1. The fraction of sp³-hybridized carbons (Fsp3) is 0.133. The zero-order valence-corrected chi connectivity index (χ0v) is 11.7. The Balaban J connectivity index is 1.94. The Hall–Kier alpha value is -2.27. The van der Waals surface area contributed by atoms with Gasteiger partial charge in [0.1, 0.15) is 11.6 Å². The van der Waals surface area contributed by atoms with Crippen LogP contribution >= 0.6 is 11.6 Å². The van der Waals surface area contributed by atoms with E-state index in [1.165, 1.54) is 18.2 Å². The van der Waals surface area contributed by atoms with Gasteiger partial charge in [0.15, 0.2) is 5.75 Å². The molecule has 1 heterocycles. The van der Waals surface area contributed by atoms with Crippen LogP contribution < -0.4 is 15.8 Å². The van der Waals surface area contributed by atoms with Crippen LogP contribution in [0.4, 0.5) is 15.8 Å². The molecule has 108 valence electrons. The Labute approximate surface area is 125 Å². The molecule has 0 unspecified atom stereocenters. The second-order valence-electron chi connectivity index (χ2n) is 4.77. The number of nitrogens with one attached hydrogen (secondary N) is 1. The molecule has 0 radical (unpaired) electrons. The van der Waals surface area contributed by atoms with Crippen LogP contribution in [0.2, 0.25) is 5.02 Å². The van der Waals surface area contributed by atoms with Crippen molar-refractivity contribution < 1.29 is 13.9 Å². The number of carbonyl (C=O) groups excluding carboxylic acids is 1. The number of fused-ring (bicyclic) bond motifs is 1. The molecule has 0 spiro atoms. The number of aryl methyl sites for hydroxylation is 1. The minimum atomic E-state index is -0.437. The summed E-state index contributed by atoms with van der Waals surface area (Å²) in [6, 6.07) is 7.29. The molecule has 1 amide bonds. The predicted molar refractivity (Wildman–Crippen MR) is 79.3 cm³/mol. The standard InChI is InChI=1S/C15H12ClFN2O2/c16-10-6-9(17)2-3-13(10)21-14-5-8-1-4-15(20)19-12(8)7-11(14)18/h2-3,5-7H,1,4,18H2,(H,19,20). The molecule has 3 N–H and O–H groups in total. The first-order chi connectivity index (χ1) is 10.0. The van der Waals surface area contributed by atoms with E-state index in [0.717, 1.165) is 5.56 Å². The van der Waals surface area contributed by atoms with Gasteiger partial charge in [-0.1, -0.05) is 11.6 Å². The largest absolute Gasteiger partial charge is 0.454 e. The first-order valence-corrected chi connectivity index (χ1v) is 6.76. The zero-order chi connectivity index (χ0) is 15.0. The molecule has 1 aliphatic rings. The molecule has 2 aromatic carbocycles. The fourth-order valence-corrected chi connectivity index (χ4v) is 2.39. The maximum Gasteiger partial charge on any atom is 0.224 e. The summed E-state index contributed by atoms with van der Waals surface area (Å²) in [6.45, 7) is 0. The molecule has 1 aliphatic heterocycles. The lowest BCUT2D eigenvalue weighted by Gasteiger charge is -2.19. The van der Waals surface area contributed by atoms with Crippen LogP contribution in [0.3, 0.4) is 0 Å². The van der Waals surface area contributed by atoms with Crippen LogP contribution in [0, 0.1) is 5.82 Å². The molecule has 0 fully saturated rings. The smallest absolute Gasteiger partial charge is 0.224 e. The van der Waals surface area contributed by atoms with Crippen LogP contribution in [0.25, 0.3) is 0 Å². The van der Waals surface area contributed by atoms with Gasteiger partial charge in [0.05, 0.1) is 10.7 Å². The number of anilines is 2. The molecular formula is C15H12ClFN2O2. The quantitative estimate of drug-likeness (QED) is 0.831. The van der Waals surface area contributed by atoms with E-state index in [1.807, 2.05) is 0 Å². The lowest BCUT2D eigenvalue weighted by Crippen LogP contribution is -2.19. The van der Waals surface area contributed by atoms with Gasteiger partial charge < -0.3 is 15.8 Å². The Morgan fingerprint density at radius 2 is 2.00 bits per heavy atom. The molecular weight excluding hydrogens is 295 g/mol. The summed E-state index contributed by atoms with van der Waals surface area (Å²) in [5.74, 6) is 0.286. The van der Waals surface area contributed by atoms with Gasteiger partial charge in [-0.2, -0.15) is 0 Å². The second-order valence-corrected chi connectivity index (χ2v) is 5.18. The fourth-order valence-electron chi connectivity index (χ4n) is 2.19. The highest BCUT2D eigenvalue weighted by Crippen LogP contribution is 2.37. The van der Waals surface area contributed by atoms with E-state index in [-0.39, 0.29) is 10.9 Å². The van der Waals surface area contributed by atoms with Crippen molar-refractivity contribution in [2.75, 3.05) is 11.1 Å². The molecule has 0 saturated carbocycles. The monoisotopic (exact) mass is 306 g/mol. The Morgan fingerprint density at radius 3 is 2.76 bits per heavy atom. The lowest BCUT2D eigenvalue weighted by molar-refractivity contribution is -0.116. The number of rotatable bonds is 2. The molecule has 0 atom stereocenters. The summed E-state index contributed by atoms with van der Waals surface area (Å²) in [4.78, 5) is 11.4. The van der Waals surface area contributed by atoms with Crippen molar-refractivity contribution in [3.05, 3.63) is 46.7 Å². The number of ether oxygens (including phenoxy) is 1. The van der Waals surface area contributed by atoms with Crippen molar-refractivity contribution in [3.8, 4) is 11.5 Å². The Morgan fingerprint density at radius 1 is 1.19 bits per heavy atom. The zero-order valence-electron chi connectivity index (χ0n) is 11.0. The molecule has 3 rings (SSSR count). The summed E-state index contributed by atoms with van der Waals surface area (Å²) < 4.78 is 18.7. The van der Waals surface area contributed by atoms with E-state index in [0.29, 0.717) is 35.7 Å². The summed E-state index contributed by atoms with van der Waals surface area (Å²) >= 11 is 5.93. The number of benzene rings is 2. The molecule has 4 nitrogen and oxygen atoms in total. The van der Waals surface area contributed by atoms with Gasteiger partial charge in [0.25, 0.3) is 0 Å². The molecule has 2 aromatic rings. The van der Waals surface area contributed by atoms with Crippen molar-refractivity contribution in [3.63, 3.8) is 0 Å². The lowest BCUT2D eigenvalue weighted by atomic mass is 10.0. The van der Waals surface area contributed by atoms with Gasteiger partial charge in [-0.25, -0.2) is 4.39 Å². The molecule has 21 heavy (non-hydrogen) atoms. The van der Waals surface area contributed by atoms with E-state index < -0.39 is 5.82 Å². The maximum atomic E-state index is 13.0. The SMILES string of the molecule is Nc1cc2c(cc1Oc1ccc(F)cc1Cl)CCC(=O)N2. The van der Waals surface area contributed by atoms with Gasteiger partial charge in [-0.15, -0.1) is 0 Å². The predicted octanol–water partition coefficient (Wildman–Crippen LogP) is 3.74. The van der Waals surface area contributed by atoms with Crippen LogP contribution in [-0.4, -0.2) is 5.91 Å². The third-order valence-electron chi connectivity index (χ3n) is 3.24. The van der Waals surface area contributed by atoms with Gasteiger partial charge in [0, 0.05) is 12.1 Å². The van der Waals surface area contributed by atoms with Gasteiger partial charge in [0.2, 0.25) is 5.91 Å². The van der Waals surface area contributed by atoms with Gasteiger partial charge in [-0.05, 0) is 42.3 Å². The summed E-state index contributed by atoms with van der Waals surface area (Å²) in [5, 5.41) is 2.93. The maximum absolute atomic E-state index is 13.0. The molecule has 0 saturated heterocycles. The second kappa shape index (κ2) is 5.26. The normalized spacial score (nSPS) is 13.5. The van der Waals surface area contributed by atoms with Crippen molar-refractivity contribution in [2.24, 2.45) is 0 Å². The third kappa shape index (κ3) is 2.78. The summed E-state index contributed by atoms with van der Waals surface area (Å²) in [6.07, 6.45) is 1.04. The van der Waals surface area contributed by atoms with Crippen LogP contribution in [0.1, 0.15) is 12.0 Å². The van der Waals surface area contributed by atoms with Crippen molar-refractivity contribution >= 4 is 28.9 Å². The van der Waals surface area contributed by atoms with E-state index in [9.17, 15) is 9.18 Å². The minimum absolute atomic E-state index is 0.0304. The van der Waals surface area contributed by atoms with Crippen molar-refractivity contribution in [1.82, 2.24) is 0 Å². The van der Waals surface area contributed by atoms with E-state index >= 15 is 0 Å². The highest BCUT2D eigenvalue weighted by Gasteiger charge is 2.18. The van der Waals surface area contributed by atoms with E-state index in [4.69, 9.17) is 22.1 Å². The Kier molecular flexibility index (Phi) is 3.43. The number of hydrogen-bond acceptors (Lipinski definition) is 3. The highest BCUT2D eigenvalue weighted by atomic mass is 35.5. The van der Waals surface area contributed by atoms with Gasteiger partial charge >= 0.3 is 0 Å². The van der Waals surface area contributed by atoms with E-state index in [1.54, 1.807) is 12.1 Å². The van der Waals surface area contributed by atoms with Crippen molar-refractivity contribution in [2.45, 2.75) is 12.8 Å². The first kappa shape index (κ1) is 13.7. The number of amides is 1. The number of carbonyl (C=O) groups is 1. The first-order valence-electron chi connectivity index (χ1n) is 6.38. The topological polar surface area (TPSA) is 64.3 Å². The van der Waals surface area contributed by atoms with Gasteiger partial charge in [-0.3, -0.25) is 4.79 Å². The molecule has 6 heteroatoms. The summed E-state index contributed by atoms with van der Waals surface area (Å²) in [7, 11) is 0. The van der Waals surface area contributed by atoms with Crippen LogP contribution in [-0.2, 0) is 11.2 Å². The molecule has 0 bridgehead atoms. The number of hydrogen-bond donors (Lipinski definition) is 2. The summed E-state index contributed by atoms with van der Waals surface area (Å²) in [5.41, 5.74) is 7.93. The average molecular weight is 307 g/mol. The van der Waals surface area contributed by atoms with Crippen LogP contribution in [0.5, 0.6) is 11.5 Å². The number of nitrogens with two attached hydrogens (primary N) is 1.